The lowest BCUT2D eigenvalue weighted by Gasteiger charge is -2.15. The third kappa shape index (κ3) is 2.97. The smallest absolute Gasteiger partial charge is 0.333 e. The number of rotatable bonds is 4. The average molecular weight is 346 g/mol. The van der Waals surface area contributed by atoms with Gasteiger partial charge in [-0.3, -0.25) is 4.18 Å². The Balaban J connectivity index is 1.86. The second kappa shape index (κ2) is 5.63. The van der Waals surface area contributed by atoms with Gasteiger partial charge in [-0.25, -0.2) is 19.8 Å². The number of nitrogens with zero attached hydrogens (tertiary/aromatic N) is 4. The summed E-state index contributed by atoms with van der Waals surface area (Å²) in [7, 11) is -4.20. The Kier molecular flexibility index (Phi) is 3.91. The van der Waals surface area contributed by atoms with Crippen LogP contribution in [0, 0.1) is 0 Å². The summed E-state index contributed by atoms with van der Waals surface area (Å²) in [4.78, 5) is 7.82. The summed E-state index contributed by atoms with van der Waals surface area (Å²) in [5.74, 6) is 0.198. The van der Waals surface area contributed by atoms with Crippen LogP contribution < -0.4 is 10.9 Å². The molecule has 0 bridgehead atoms. The van der Waals surface area contributed by atoms with Crippen LogP contribution in [0.1, 0.15) is 6.23 Å². The summed E-state index contributed by atoms with van der Waals surface area (Å²) in [6.07, 6.45) is -2.41. The lowest BCUT2D eigenvalue weighted by atomic mass is 10.1. The van der Waals surface area contributed by atoms with Crippen LogP contribution in [0.25, 0.3) is 11.0 Å². The van der Waals surface area contributed by atoms with Crippen molar-refractivity contribution >= 4 is 27.2 Å². The summed E-state index contributed by atoms with van der Waals surface area (Å²) in [6, 6.07) is 0. The van der Waals surface area contributed by atoms with Gasteiger partial charge in [-0.2, -0.15) is 13.5 Å². The minimum Gasteiger partial charge on any atom is -0.387 e. The molecule has 4 atom stereocenters. The van der Waals surface area contributed by atoms with Gasteiger partial charge in [0.25, 0.3) is 0 Å². The van der Waals surface area contributed by atoms with Gasteiger partial charge in [-0.1, -0.05) is 0 Å². The lowest BCUT2D eigenvalue weighted by molar-refractivity contribution is -0.0526. The number of anilines is 1. The number of hydrogen-bond acceptors (Lipinski definition) is 10. The highest BCUT2D eigenvalue weighted by atomic mass is 32.2. The van der Waals surface area contributed by atoms with Crippen LogP contribution in [0.2, 0.25) is 0 Å². The molecule has 0 radical (unpaired) electrons. The molecule has 2 aromatic heterocycles. The third-order valence-electron chi connectivity index (χ3n) is 3.40. The predicted molar refractivity (Wildman–Crippen MR) is 74.7 cm³/mol. The number of aliphatic hydroxyl groups excluding tert-OH is 2. The molecule has 0 spiro atoms. The average Bonchev–Trinajstić information content (AvgIpc) is 3.01. The maximum absolute atomic E-state index is 10.8. The number of nitrogen functional groups attached to an aromatic ring is 1. The van der Waals surface area contributed by atoms with Gasteiger partial charge in [-0.15, -0.1) is 0 Å². The van der Waals surface area contributed by atoms with E-state index in [0.717, 1.165) is 0 Å². The normalized spacial score (nSPS) is 28.5. The largest absolute Gasteiger partial charge is 0.387 e. The Morgan fingerprint density at radius 1 is 1.35 bits per heavy atom. The summed E-state index contributed by atoms with van der Waals surface area (Å²) in [6.45, 7) is -0.552. The molecule has 1 saturated heterocycles. The van der Waals surface area contributed by atoms with Crippen molar-refractivity contribution in [3.63, 3.8) is 0 Å². The fourth-order valence-electron chi connectivity index (χ4n) is 2.30. The molecule has 0 aliphatic carbocycles. The first-order valence-corrected chi connectivity index (χ1v) is 7.87. The van der Waals surface area contributed by atoms with Crippen LogP contribution in [0.5, 0.6) is 0 Å². The summed E-state index contributed by atoms with van der Waals surface area (Å²) >= 11 is 0. The number of aliphatic hydroxyl groups is 2. The molecule has 6 N–H and O–H groups in total. The number of hydrogen-bond donors (Lipinski definition) is 4. The van der Waals surface area contributed by atoms with Crippen molar-refractivity contribution in [3.05, 3.63) is 12.5 Å². The molecular weight excluding hydrogens is 332 g/mol. The van der Waals surface area contributed by atoms with Gasteiger partial charge < -0.3 is 20.7 Å². The standard InChI is InChI=1S/C10H14N6O6S/c11-8-4-1-15-16(9(4)14-3-13-8)10-7(18)6(17)5(22-10)2-21-23(12,19)20/h1,3,5-7,10,17-18H,2H2,(H2,11,13,14)(H2,12,19,20)/t5-,6-,7-,10-/m1/s1. The molecular formula is C10H14N6O6S. The van der Waals surface area contributed by atoms with Gasteiger partial charge in [0.2, 0.25) is 0 Å². The van der Waals surface area contributed by atoms with Crippen molar-refractivity contribution in [2.24, 2.45) is 5.14 Å². The highest BCUT2D eigenvalue weighted by molar-refractivity contribution is 7.84. The first-order valence-electron chi connectivity index (χ1n) is 6.40. The minimum absolute atomic E-state index is 0.198. The molecule has 3 heterocycles. The van der Waals surface area contributed by atoms with E-state index in [0.29, 0.717) is 11.0 Å². The highest BCUT2D eigenvalue weighted by Crippen LogP contribution is 2.31. The van der Waals surface area contributed by atoms with E-state index < -0.39 is 41.5 Å². The van der Waals surface area contributed by atoms with E-state index in [4.69, 9.17) is 15.6 Å². The maximum atomic E-state index is 10.8. The first kappa shape index (κ1) is 16.0. The maximum Gasteiger partial charge on any atom is 0.333 e. The molecule has 126 valence electrons. The Morgan fingerprint density at radius 2 is 2.09 bits per heavy atom. The van der Waals surface area contributed by atoms with Crippen LogP contribution >= 0.6 is 0 Å². The van der Waals surface area contributed by atoms with E-state index in [2.05, 4.69) is 19.2 Å². The molecule has 1 aliphatic rings. The second-order valence-corrected chi connectivity index (χ2v) is 6.13. The lowest BCUT2D eigenvalue weighted by Crippen LogP contribution is -2.35. The zero-order chi connectivity index (χ0) is 16.8. The summed E-state index contributed by atoms with van der Waals surface area (Å²) in [5.41, 5.74) is 5.99. The quantitative estimate of drug-likeness (QED) is 0.451. The number of fused-ring (bicyclic) bond motifs is 1. The van der Waals surface area contributed by atoms with E-state index in [1.807, 2.05) is 0 Å². The Labute approximate surface area is 129 Å². The topological polar surface area (TPSA) is 189 Å². The van der Waals surface area contributed by atoms with E-state index >= 15 is 0 Å². The third-order valence-corrected chi connectivity index (χ3v) is 3.86. The monoisotopic (exact) mass is 346 g/mol. The van der Waals surface area contributed by atoms with E-state index in [1.54, 1.807) is 0 Å². The van der Waals surface area contributed by atoms with Crippen LogP contribution in [-0.2, 0) is 19.2 Å². The molecule has 12 nitrogen and oxygen atoms in total. The molecule has 2 aromatic rings. The second-order valence-electron chi connectivity index (χ2n) is 4.91. The molecule has 3 rings (SSSR count). The molecule has 0 saturated carbocycles. The van der Waals surface area contributed by atoms with Crippen molar-refractivity contribution < 1.29 is 27.6 Å². The van der Waals surface area contributed by atoms with Crippen molar-refractivity contribution in [2.75, 3.05) is 12.3 Å². The Hall–Kier alpha value is -1.90. The molecule has 0 unspecified atom stereocenters. The summed E-state index contributed by atoms with van der Waals surface area (Å²) < 4.78 is 32.6. The molecule has 23 heavy (non-hydrogen) atoms. The van der Waals surface area contributed by atoms with Gasteiger partial charge in [0.1, 0.15) is 30.5 Å². The molecule has 0 aromatic carbocycles. The first-order chi connectivity index (χ1) is 10.8. The fraction of sp³-hybridized carbons (Fsp3) is 0.500. The summed E-state index contributed by atoms with van der Waals surface area (Å²) in [5, 5.41) is 29.3. The van der Waals surface area contributed by atoms with Crippen molar-refractivity contribution in [1.82, 2.24) is 19.7 Å². The van der Waals surface area contributed by atoms with Crippen molar-refractivity contribution in [1.29, 1.82) is 0 Å². The zero-order valence-electron chi connectivity index (χ0n) is 11.6. The van der Waals surface area contributed by atoms with Gasteiger partial charge >= 0.3 is 10.3 Å². The number of nitrogens with two attached hydrogens (primary N) is 2. The van der Waals surface area contributed by atoms with E-state index in [-0.39, 0.29) is 5.82 Å². The van der Waals surface area contributed by atoms with E-state index in [1.165, 1.54) is 17.2 Å². The van der Waals surface area contributed by atoms with Gasteiger partial charge in [0.15, 0.2) is 11.9 Å². The highest BCUT2D eigenvalue weighted by Gasteiger charge is 2.45. The van der Waals surface area contributed by atoms with Crippen molar-refractivity contribution in [3.8, 4) is 0 Å². The Morgan fingerprint density at radius 3 is 2.78 bits per heavy atom. The minimum atomic E-state index is -4.20. The van der Waals surface area contributed by atoms with Crippen LogP contribution in [-0.4, -0.2) is 63.3 Å². The van der Waals surface area contributed by atoms with Crippen LogP contribution in [0.4, 0.5) is 5.82 Å². The number of aromatic nitrogens is 4. The van der Waals surface area contributed by atoms with E-state index in [9.17, 15) is 18.6 Å². The fourth-order valence-corrected chi connectivity index (χ4v) is 2.62. The van der Waals surface area contributed by atoms with Gasteiger partial charge in [0.05, 0.1) is 18.2 Å². The predicted octanol–water partition coefficient (Wildman–Crippen LogP) is -2.75. The van der Waals surface area contributed by atoms with Gasteiger partial charge in [-0.05, 0) is 0 Å². The van der Waals surface area contributed by atoms with Crippen molar-refractivity contribution in [2.45, 2.75) is 24.5 Å². The van der Waals surface area contributed by atoms with Gasteiger partial charge in [0, 0.05) is 0 Å². The SMILES string of the molecule is Nc1ncnc2c1cnn2[C@@H]1O[C@H](COS(N)(=O)=O)[C@@H](O)[C@H]1O. The zero-order valence-corrected chi connectivity index (χ0v) is 12.4. The number of ether oxygens (including phenoxy) is 1. The van der Waals surface area contributed by atoms with Crippen LogP contribution in [0.3, 0.4) is 0 Å². The van der Waals surface area contributed by atoms with Crippen LogP contribution in [0.15, 0.2) is 12.5 Å². The molecule has 1 aliphatic heterocycles. The Bertz CT molecular complexity index is 824. The molecule has 13 heteroatoms. The molecule has 1 fully saturated rings. The molecule has 0 amide bonds.